The summed E-state index contributed by atoms with van der Waals surface area (Å²) in [5.74, 6) is 0.149. The molecule has 0 aromatic heterocycles. The van der Waals surface area contributed by atoms with E-state index in [-0.39, 0.29) is 18.5 Å². The van der Waals surface area contributed by atoms with Gasteiger partial charge in [-0.1, -0.05) is 13.8 Å². The van der Waals surface area contributed by atoms with Gasteiger partial charge in [0.1, 0.15) is 0 Å². The highest BCUT2D eigenvalue weighted by molar-refractivity contribution is 7.83. The van der Waals surface area contributed by atoms with Crippen LogP contribution in [0.1, 0.15) is 13.8 Å². The number of rotatable bonds is 4. The highest BCUT2D eigenvalue weighted by atomic mass is 35.5. The summed E-state index contributed by atoms with van der Waals surface area (Å²) in [6.45, 7) is 3.91. The highest BCUT2D eigenvalue weighted by Gasteiger charge is 2.17. The average molecular weight is 202 g/mol. The van der Waals surface area contributed by atoms with Crippen LogP contribution in [0.2, 0.25) is 0 Å². The largest absolute Gasteiger partial charge is 0.337 e. The van der Waals surface area contributed by atoms with Gasteiger partial charge < -0.3 is 0 Å². The standard InChI is InChI=1S/C5H12ClNO3S/c1-5(2)3-7(4-6)11(8,9)10/h5H,3-4H2,1-2H3,(H,8,9,10). The maximum atomic E-state index is 10.5. The SMILES string of the molecule is CC(C)CN(CCl)S(=O)(=O)O. The van der Waals surface area contributed by atoms with Gasteiger partial charge in [-0.3, -0.25) is 4.55 Å². The minimum absolute atomic E-state index is 0.149. The molecule has 0 aromatic carbocycles. The molecule has 0 spiro atoms. The third-order valence-corrected chi connectivity index (χ3v) is 2.39. The molecule has 0 aromatic rings. The molecule has 0 fully saturated rings. The van der Waals surface area contributed by atoms with Crippen LogP contribution in [0, 0.1) is 5.92 Å². The third-order valence-electron chi connectivity index (χ3n) is 1.03. The fraction of sp³-hybridized carbons (Fsp3) is 1.00. The summed E-state index contributed by atoms with van der Waals surface area (Å²) >= 11 is 5.28. The van der Waals surface area contributed by atoms with Crippen LogP contribution < -0.4 is 0 Å². The molecule has 0 heterocycles. The van der Waals surface area contributed by atoms with Crippen LogP contribution in [-0.2, 0) is 10.3 Å². The van der Waals surface area contributed by atoms with Crippen molar-refractivity contribution in [3.63, 3.8) is 0 Å². The van der Waals surface area contributed by atoms with Crippen molar-refractivity contribution < 1.29 is 13.0 Å². The van der Waals surface area contributed by atoms with E-state index in [9.17, 15) is 8.42 Å². The predicted molar refractivity (Wildman–Crippen MR) is 43.8 cm³/mol. The molecule has 0 radical (unpaired) electrons. The molecule has 6 heteroatoms. The Morgan fingerprint density at radius 2 is 2.00 bits per heavy atom. The van der Waals surface area contributed by atoms with E-state index in [0.717, 1.165) is 4.31 Å². The van der Waals surface area contributed by atoms with Gasteiger partial charge in [-0.25, -0.2) is 0 Å². The van der Waals surface area contributed by atoms with Crippen LogP contribution >= 0.6 is 11.6 Å². The maximum absolute atomic E-state index is 10.5. The molecule has 68 valence electrons. The molecule has 0 atom stereocenters. The van der Waals surface area contributed by atoms with Crippen LogP contribution in [0.3, 0.4) is 0 Å². The maximum Gasteiger partial charge on any atom is 0.337 e. The molecule has 4 nitrogen and oxygen atoms in total. The van der Waals surface area contributed by atoms with Gasteiger partial charge in [-0.15, -0.1) is 11.6 Å². The first-order valence-electron chi connectivity index (χ1n) is 3.16. The highest BCUT2D eigenvalue weighted by Crippen LogP contribution is 2.04. The zero-order chi connectivity index (χ0) is 9.07. The Kier molecular flexibility index (Phi) is 4.31. The summed E-state index contributed by atoms with van der Waals surface area (Å²) in [5, 5.41) is 0. The topological polar surface area (TPSA) is 57.6 Å². The van der Waals surface area contributed by atoms with Gasteiger partial charge in [0, 0.05) is 6.54 Å². The molecule has 0 bridgehead atoms. The molecule has 0 aliphatic carbocycles. The predicted octanol–water partition coefficient (Wildman–Crippen LogP) is 0.944. The second kappa shape index (κ2) is 4.25. The van der Waals surface area contributed by atoms with E-state index < -0.39 is 10.3 Å². The van der Waals surface area contributed by atoms with E-state index in [4.69, 9.17) is 16.2 Å². The van der Waals surface area contributed by atoms with Crippen molar-refractivity contribution in [1.82, 2.24) is 4.31 Å². The summed E-state index contributed by atoms with van der Waals surface area (Å²) in [5.41, 5.74) is 0. The normalized spacial score (nSPS) is 12.9. The van der Waals surface area contributed by atoms with Crippen molar-refractivity contribution in [2.75, 3.05) is 12.5 Å². The molecule has 0 saturated carbocycles. The molecule has 11 heavy (non-hydrogen) atoms. The first-order valence-corrected chi connectivity index (χ1v) is 5.09. The molecule has 0 rings (SSSR count). The van der Waals surface area contributed by atoms with Gasteiger partial charge in [-0.2, -0.15) is 12.7 Å². The van der Waals surface area contributed by atoms with Gasteiger partial charge in [0.2, 0.25) is 0 Å². The Morgan fingerprint density at radius 1 is 1.55 bits per heavy atom. The molecule has 0 unspecified atom stereocenters. The van der Waals surface area contributed by atoms with Crippen LogP contribution in [0.25, 0.3) is 0 Å². The number of hydrogen-bond acceptors (Lipinski definition) is 2. The summed E-state index contributed by atoms with van der Waals surface area (Å²) < 4.78 is 30.3. The lowest BCUT2D eigenvalue weighted by atomic mass is 10.2. The lowest BCUT2D eigenvalue weighted by molar-refractivity contribution is 0.351. The quantitative estimate of drug-likeness (QED) is 0.419. The van der Waals surface area contributed by atoms with Gasteiger partial charge in [0.05, 0.1) is 6.00 Å². The zero-order valence-corrected chi connectivity index (χ0v) is 8.06. The van der Waals surface area contributed by atoms with E-state index in [0.29, 0.717) is 0 Å². The lowest BCUT2D eigenvalue weighted by Gasteiger charge is -2.16. The van der Waals surface area contributed by atoms with Crippen LogP contribution in [0.5, 0.6) is 0 Å². The van der Waals surface area contributed by atoms with Crippen molar-refractivity contribution in [2.45, 2.75) is 13.8 Å². The van der Waals surface area contributed by atoms with Crippen molar-refractivity contribution in [1.29, 1.82) is 0 Å². The number of hydrogen-bond donors (Lipinski definition) is 1. The van der Waals surface area contributed by atoms with E-state index >= 15 is 0 Å². The Balaban J connectivity index is 4.20. The second-order valence-electron chi connectivity index (χ2n) is 2.63. The number of halogens is 1. The molecule has 0 amide bonds. The Labute approximate surface area is 72.0 Å². The van der Waals surface area contributed by atoms with Crippen molar-refractivity contribution in [3.8, 4) is 0 Å². The van der Waals surface area contributed by atoms with Crippen molar-refractivity contribution in [3.05, 3.63) is 0 Å². The molecule has 1 N–H and O–H groups in total. The summed E-state index contributed by atoms with van der Waals surface area (Å²) in [7, 11) is -4.11. The first kappa shape index (κ1) is 11.2. The van der Waals surface area contributed by atoms with Crippen molar-refractivity contribution >= 4 is 21.9 Å². The van der Waals surface area contributed by atoms with E-state index in [2.05, 4.69) is 0 Å². The number of alkyl halides is 1. The average Bonchev–Trinajstić information content (AvgIpc) is 1.79. The molecular weight excluding hydrogens is 190 g/mol. The van der Waals surface area contributed by atoms with Gasteiger partial charge >= 0.3 is 10.3 Å². The van der Waals surface area contributed by atoms with Gasteiger partial charge in [0.25, 0.3) is 0 Å². The Morgan fingerprint density at radius 3 is 2.09 bits per heavy atom. The minimum Gasteiger partial charge on any atom is -0.273 e. The van der Waals surface area contributed by atoms with Gasteiger partial charge in [0.15, 0.2) is 0 Å². The fourth-order valence-corrected chi connectivity index (χ4v) is 1.69. The Bertz CT molecular complexity index is 202. The smallest absolute Gasteiger partial charge is 0.273 e. The van der Waals surface area contributed by atoms with Crippen molar-refractivity contribution in [2.24, 2.45) is 5.92 Å². The molecular formula is C5H12ClNO3S. The summed E-state index contributed by atoms with van der Waals surface area (Å²) in [6, 6.07) is -0.211. The van der Waals surface area contributed by atoms with Gasteiger partial charge in [-0.05, 0) is 5.92 Å². The third kappa shape index (κ3) is 4.58. The molecule has 0 aliphatic heterocycles. The van der Waals surface area contributed by atoms with E-state index in [1.807, 2.05) is 13.8 Å². The fourth-order valence-electron chi connectivity index (χ4n) is 0.612. The van der Waals surface area contributed by atoms with Crippen LogP contribution in [0.4, 0.5) is 0 Å². The van der Waals surface area contributed by atoms with Crippen LogP contribution in [0.15, 0.2) is 0 Å². The Hall–Kier alpha value is 0.160. The second-order valence-corrected chi connectivity index (χ2v) is 4.28. The first-order chi connectivity index (χ1) is 4.88. The van der Waals surface area contributed by atoms with Crippen LogP contribution in [-0.4, -0.2) is 29.8 Å². The monoisotopic (exact) mass is 201 g/mol. The minimum atomic E-state index is -4.11. The summed E-state index contributed by atoms with van der Waals surface area (Å²) in [4.78, 5) is 0. The molecule has 0 aliphatic rings. The lowest BCUT2D eigenvalue weighted by Crippen LogP contribution is -2.32. The molecule has 0 saturated heterocycles. The van der Waals surface area contributed by atoms with E-state index in [1.54, 1.807) is 0 Å². The zero-order valence-electron chi connectivity index (χ0n) is 6.49. The van der Waals surface area contributed by atoms with E-state index in [1.165, 1.54) is 0 Å². The summed E-state index contributed by atoms with van der Waals surface area (Å²) in [6.07, 6.45) is 0. The number of nitrogens with zero attached hydrogens (tertiary/aromatic N) is 1.